The molecule has 0 unspecified atom stereocenters. The first-order chi connectivity index (χ1) is 14.0. The number of para-hydroxylation sites is 1. The van der Waals surface area contributed by atoms with Gasteiger partial charge in [0.05, 0.1) is 16.8 Å². The van der Waals surface area contributed by atoms with E-state index in [4.69, 9.17) is 16.3 Å². The van der Waals surface area contributed by atoms with Crippen molar-refractivity contribution < 1.29 is 19.1 Å². The van der Waals surface area contributed by atoms with E-state index in [1.165, 1.54) is 12.1 Å². The van der Waals surface area contributed by atoms with Gasteiger partial charge < -0.3 is 10.1 Å². The molecule has 0 spiro atoms. The lowest BCUT2D eigenvalue weighted by atomic mass is 10.1. The lowest BCUT2D eigenvalue weighted by molar-refractivity contribution is -0.118. The number of rotatable bonds is 5. The van der Waals surface area contributed by atoms with Crippen molar-refractivity contribution in [2.24, 2.45) is 0 Å². The number of anilines is 2. The molecule has 0 aromatic heterocycles. The molecule has 0 radical (unpaired) electrons. The third-order valence-corrected chi connectivity index (χ3v) is 4.62. The van der Waals surface area contributed by atoms with Crippen LogP contribution >= 0.6 is 11.6 Å². The van der Waals surface area contributed by atoms with Crippen molar-refractivity contribution in [1.82, 2.24) is 0 Å². The zero-order chi connectivity index (χ0) is 20.4. The van der Waals surface area contributed by atoms with Crippen LogP contribution in [0.3, 0.4) is 0 Å². The summed E-state index contributed by atoms with van der Waals surface area (Å²) in [4.78, 5) is 38.6. The van der Waals surface area contributed by atoms with Gasteiger partial charge >= 0.3 is 0 Å². The summed E-state index contributed by atoms with van der Waals surface area (Å²) in [7, 11) is 0. The lowest BCUT2D eigenvalue weighted by Gasteiger charge is -2.13. The molecule has 0 fully saturated rings. The number of carbonyl (C=O) groups is 3. The Balaban J connectivity index is 1.46. The highest BCUT2D eigenvalue weighted by Gasteiger charge is 2.36. The van der Waals surface area contributed by atoms with Crippen LogP contribution in [0.2, 0.25) is 5.02 Å². The van der Waals surface area contributed by atoms with Crippen molar-refractivity contribution >= 4 is 40.7 Å². The lowest BCUT2D eigenvalue weighted by Crippen LogP contribution is -2.29. The van der Waals surface area contributed by atoms with Crippen molar-refractivity contribution in [3.05, 3.63) is 88.9 Å². The van der Waals surface area contributed by atoms with E-state index in [1.807, 2.05) is 0 Å². The van der Waals surface area contributed by atoms with Crippen LogP contribution in [0.4, 0.5) is 11.4 Å². The van der Waals surface area contributed by atoms with Gasteiger partial charge in [0.15, 0.2) is 6.61 Å². The molecule has 1 aliphatic rings. The number of amides is 3. The Labute approximate surface area is 171 Å². The normalized spacial score (nSPS) is 12.7. The fourth-order valence-electron chi connectivity index (χ4n) is 3.01. The minimum atomic E-state index is -0.426. The van der Waals surface area contributed by atoms with E-state index in [0.29, 0.717) is 27.7 Å². The average Bonchev–Trinajstić information content (AvgIpc) is 2.98. The zero-order valence-corrected chi connectivity index (χ0v) is 15.8. The van der Waals surface area contributed by atoms with Gasteiger partial charge in [-0.1, -0.05) is 29.8 Å². The van der Waals surface area contributed by atoms with Crippen LogP contribution in [0.15, 0.2) is 72.8 Å². The maximum absolute atomic E-state index is 12.7. The molecule has 144 valence electrons. The van der Waals surface area contributed by atoms with Gasteiger partial charge in [-0.15, -0.1) is 0 Å². The maximum Gasteiger partial charge on any atom is 0.266 e. The first-order valence-electron chi connectivity index (χ1n) is 8.79. The van der Waals surface area contributed by atoms with E-state index < -0.39 is 11.8 Å². The topological polar surface area (TPSA) is 75.7 Å². The molecule has 1 aliphatic heterocycles. The van der Waals surface area contributed by atoms with Crippen molar-refractivity contribution in [3.63, 3.8) is 0 Å². The molecule has 7 heteroatoms. The molecule has 3 aromatic carbocycles. The molecule has 0 atom stereocenters. The molecule has 1 N–H and O–H groups in total. The first kappa shape index (κ1) is 18.7. The monoisotopic (exact) mass is 406 g/mol. The Bertz CT molecular complexity index is 1100. The van der Waals surface area contributed by atoms with Crippen molar-refractivity contribution in [2.45, 2.75) is 0 Å². The number of hydrogen-bond acceptors (Lipinski definition) is 4. The van der Waals surface area contributed by atoms with Gasteiger partial charge in [0.25, 0.3) is 17.7 Å². The summed E-state index contributed by atoms with van der Waals surface area (Å²) in [5.41, 5.74) is 1.45. The Kier molecular flexibility index (Phi) is 5.01. The number of hydrogen-bond donors (Lipinski definition) is 1. The smallest absolute Gasteiger partial charge is 0.266 e. The van der Waals surface area contributed by atoms with Crippen LogP contribution < -0.4 is 15.0 Å². The van der Waals surface area contributed by atoms with E-state index in [2.05, 4.69) is 5.32 Å². The summed E-state index contributed by atoms with van der Waals surface area (Å²) >= 11 is 5.81. The fourth-order valence-corrected chi connectivity index (χ4v) is 3.13. The van der Waals surface area contributed by atoms with E-state index >= 15 is 0 Å². The van der Waals surface area contributed by atoms with Crippen molar-refractivity contribution in [3.8, 4) is 5.75 Å². The first-order valence-corrected chi connectivity index (χ1v) is 9.17. The van der Waals surface area contributed by atoms with E-state index in [0.717, 1.165) is 4.90 Å². The van der Waals surface area contributed by atoms with Gasteiger partial charge in [0.2, 0.25) is 0 Å². The van der Waals surface area contributed by atoms with E-state index in [1.54, 1.807) is 60.7 Å². The molecule has 0 saturated carbocycles. The second-order valence-electron chi connectivity index (χ2n) is 6.33. The number of ether oxygens (including phenoxy) is 1. The number of halogens is 1. The molecule has 3 amide bonds. The van der Waals surface area contributed by atoms with Crippen LogP contribution in [0.5, 0.6) is 5.75 Å². The summed E-state index contributed by atoms with van der Waals surface area (Å²) in [6.07, 6.45) is 0. The predicted molar refractivity (Wildman–Crippen MR) is 110 cm³/mol. The standard InChI is InChI=1S/C22H15ClN2O4/c23-14-6-9-17(10-7-14)29-13-20(26)24-15-8-11-18-19(12-15)22(28)25(21(18)27)16-4-2-1-3-5-16/h1-12H,13H2,(H,24,26). The third-order valence-electron chi connectivity index (χ3n) is 4.37. The summed E-state index contributed by atoms with van der Waals surface area (Å²) in [6, 6.07) is 20.0. The van der Waals surface area contributed by atoms with Crippen LogP contribution in [0.25, 0.3) is 0 Å². The predicted octanol–water partition coefficient (Wildman–Crippen LogP) is 4.16. The van der Waals surface area contributed by atoms with Gasteiger partial charge in [-0.3, -0.25) is 14.4 Å². The van der Waals surface area contributed by atoms with Gasteiger partial charge in [0.1, 0.15) is 5.75 Å². The molecule has 4 rings (SSSR count). The molecule has 0 aliphatic carbocycles. The Morgan fingerprint density at radius 2 is 1.59 bits per heavy atom. The highest BCUT2D eigenvalue weighted by Crippen LogP contribution is 2.30. The molecule has 1 heterocycles. The number of carbonyl (C=O) groups excluding carboxylic acids is 3. The molecular weight excluding hydrogens is 392 g/mol. The minimum Gasteiger partial charge on any atom is -0.484 e. The summed E-state index contributed by atoms with van der Waals surface area (Å²) in [5.74, 6) is -0.695. The summed E-state index contributed by atoms with van der Waals surface area (Å²) in [6.45, 7) is -0.207. The van der Waals surface area contributed by atoms with Crippen LogP contribution in [0.1, 0.15) is 20.7 Å². The summed E-state index contributed by atoms with van der Waals surface area (Å²) in [5, 5.41) is 3.24. The van der Waals surface area contributed by atoms with Gasteiger partial charge in [-0.2, -0.15) is 0 Å². The average molecular weight is 407 g/mol. The molecule has 0 bridgehead atoms. The number of imide groups is 1. The summed E-state index contributed by atoms with van der Waals surface area (Å²) < 4.78 is 5.40. The minimum absolute atomic E-state index is 0.207. The van der Waals surface area contributed by atoms with Crippen molar-refractivity contribution in [2.75, 3.05) is 16.8 Å². The highest BCUT2D eigenvalue weighted by atomic mass is 35.5. The Morgan fingerprint density at radius 1 is 0.897 bits per heavy atom. The van der Waals surface area contributed by atoms with Crippen LogP contribution in [-0.2, 0) is 4.79 Å². The number of fused-ring (bicyclic) bond motifs is 1. The number of nitrogens with zero attached hydrogens (tertiary/aromatic N) is 1. The Morgan fingerprint density at radius 3 is 2.31 bits per heavy atom. The van der Waals surface area contributed by atoms with Gasteiger partial charge in [0, 0.05) is 10.7 Å². The molecule has 3 aromatic rings. The second kappa shape index (κ2) is 7.77. The highest BCUT2D eigenvalue weighted by molar-refractivity contribution is 6.34. The molecule has 6 nitrogen and oxygen atoms in total. The van der Waals surface area contributed by atoms with Gasteiger partial charge in [-0.05, 0) is 54.6 Å². The Hall–Kier alpha value is -3.64. The zero-order valence-electron chi connectivity index (χ0n) is 15.1. The molecular formula is C22H15ClN2O4. The maximum atomic E-state index is 12.7. The number of nitrogens with one attached hydrogen (secondary N) is 1. The quantitative estimate of drug-likeness (QED) is 0.645. The molecule has 29 heavy (non-hydrogen) atoms. The third kappa shape index (κ3) is 3.83. The van der Waals surface area contributed by atoms with E-state index in [-0.39, 0.29) is 18.1 Å². The van der Waals surface area contributed by atoms with Gasteiger partial charge in [-0.25, -0.2) is 4.90 Å². The second-order valence-corrected chi connectivity index (χ2v) is 6.77. The SMILES string of the molecule is O=C(COc1ccc(Cl)cc1)Nc1ccc2c(c1)C(=O)N(c1ccccc1)C2=O. The van der Waals surface area contributed by atoms with E-state index in [9.17, 15) is 14.4 Å². The fraction of sp³-hybridized carbons (Fsp3) is 0.0455. The van der Waals surface area contributed by atoms with Crippen LogP contribution in [-0.4, -0.2) is 24.3 Å². The van der Waals surface area contributed by atoms with Crippen molar-refractivity contribution in [1.29, 1.82) is 0 Å². The molecule has 0 saturated heterocycles. The largest absolute Gasteiger partial charge is 0.484 e. The number of benzene rings is 3. The van der Waals surface area contributed by atoms with Crippen LogP contribution in [0, 0.1) is 0 Å².